The smallest absolute Gasteiger partial charge is 0.379 e. The van der Waals surface area contributed by atoms with Gasteiger partial charge in [0.2, 0.25) is 0 Å². The summed E-state index contributed by atoms with van der Waals surface area (Å²) in [6.45, 7) is 5.21. The highest BCUT2D eigenvalue weighted by atomic mass is 19.1. The molecule has 0 radical (unpaired) electrons. The predicted octanol–water partition coefficient (Wildman–Crippen LogP) is 2.36. The van der Waals surface area contributed by atoms with Crippen LogP contribution in [0.15, 0.2) is 18.2 Å². The van der Waals surface area contributed by atoms with Crippen LogP contribution < -0.4 is 4.74 Å². The number of carbonyl (C=O) groups is 2. The summed E-state index contributed by atoms with van der Waals surface area (Å²) in [4.78, 5) is 22.7. The summed E-state index contributed by atoms with van der Waals surface area (Å²) in [6, 6.07) is 3.62. The van der Waals surface area contributed by atoms with Gasteiger partial charge in [-0.15, -0.1) is 0 Å². The average Bonchev–Trinajstić information content (AvgIpc) is 2.30. The Bertz CT molecular complexity index is 454. The van der Waals surface area contributed by atoms with E-state index in [0.29, 0.717) is 0 Å². The van der Waals surface area contributed by atoms with Crippen molar-refractivity contribution >= 4 is 11.8 Å². The Morgan fingerprint density at radius 3 is 2.50 bits per heavy atom. The average molecular weight is 254 g/mol. The van der Waals surface area contributed by atoms with Crippen molar-refractivity contribution in [3.63, 3.8) is 0 Å². The second-order valence-electron chi connectivity index (χ2n) is 3.86. The second kappa shape index (κ2) is 6.14. The van der Waals surface area contributed by atoms with E-state index in [-0.39, 0.29) is 24.0 Å². The van der Waals surface area contributed by atoms with Crippen LogP contribution in [0.2, 0.25) is 0 Å². The van der Waals surface area contributed by atoms with Crippen molar-refractivity contribution in [3.8, 4) is 5.75 Å². The normalized spacial score (nSPS) is 10.3. The summed E-state index contributed by atoms with van der Waals surface area (Å²) in [5.41, 5.74) is -0.0537. The molecule has 0 aliphatic heterocycles. The van der Waals surface area contributed by atoms with Crippen molar-refractivity contribution in [3.05, 3.63) is 29.6 Å². The summed E-state index contributed by atoms with van der Waals surface area (Å²) in [5.74, 6) is -2.49. The van der Waals surface area contributed by atoms with Gasteiger partial charge in [-0.05, 0) is 39.0 Å². The minimum atomic E-state index is -0.991. The monoisotopic (exact) mass is 254 g/mol. The first kappa shape index (κ1) is 14.2. The Kier molecular flexibility index (Phi) is 4.83. The highest BCUT2D eigenvalue weighted by molar-refractivity contribution is 6.40. The lowest BCUT2D eigenvalue weighted by atomic mass is 10.1. The van der Waals surface area contributed by atoms with Crippen LogP contribution in [0.3, 0.4) is 0 Å². The summed E-state index contributed by atoms with van der Waals surface area (Å²) < 4.78 is 23.3. The fourth-order valence-electron chi connectivity index (χ4n) is 1.31. The standard InChI is InChI=1S/C13H15FO4/c1-4-17-13(16)12(15)9-5-6-11(10(14)7-9)18-8(2)3/h5-8H,4H2,1-3H3. The van der Waals surface area contributed by atoms with E-state index in [9.17, 15) is 14.0 Å². The summed E-state index contributed by atoms with van der Waals surface area (Å²) in [5, 5.41) is 0. The summed E-state index contributed by atoms with van der Waals surface area (Å²) >= 11 is 0. The molecule has 1 aromatic carbocycles. The van der Waals surface area contributed by atoms with E-state index in [4.69, 9.17) is 4.74 Å². The van der Waals surface area contributed by atoms with Crippen molar-refractivity contribution < 1.29 is 23.5 Å². The molecule has 0 amide bonds. The molecule has 0 saturated heterocycles. The molecule has 1 rings (SSSR count). The second-order valence-corrected chi connectivity index (χ2v) is 3.86. The van der Waals surface area contributed by atoms with Gasteiger partial charge in [0.25, 0.3) is 5.78 Å². The molecule has 0 fully saturated rings. The number of esters is 1. The molecule has 0 heterocycles. The van der Waals surface area contributed by atoms with Crippen LogP contribution >= 0.6 is 0 Å². The van der Waals surface area contributed by atoms with E-state index in [2.05, 4.69) is 4.74 Å². The highest BCUT2D eigenvalue weighted by Gasteiger charge is 2.19. The molecule has 0 aromatic heterocycles. The van der Waals surface area contributed by atoms with Gasteiger partial charge in [0.1, 0.15) is 0 Å². The van der Waals surface area contributed by atoms with Crippen molar-refractivity contribution in [1.82, 2.24) is 0 Å². The molecule has 0 unspecified atom stereocenters. The van der Waals surface area contributed by atoms with E-state index in [1.807, 2.05) is 0 Å². The molecular formula is C13H15FO4. The van der Waals surface area contributed by atoms with Gasteiger partial charge in [-0.25, -0.2) is 9.18 Å². The third kappa shape index (κ3) is 3.55. The molecule has 5 heteroatoms. The van der Waals surface area contributed by atoms with Crippen LogP contribution in [0.1, 0.15) is 31.1 Å². The van der Waals surface area contributed by atoms with E-state index in [1.54, 1.807) is 20.8 Å². The highest BCUT2D eigenvalue weighted by Crippen LogP contribution is 2.20. The molecule has 0 bridgehead atoms. The minimum Gasteiger partial charge on any atom is -0.488 e. The quantitative estimate of drug-likeness (QED) is 0.460. The maximum atomic E-state index is 13.6. The van der Waals surface area contributed by atoms with E-state index in [0.717, 1.165) is 6.07 Å². The molecule has 0 spiro atoms. The largest absolute Gasteiger partial charge is 0.488 e. The van der Waals surface area contributed by atoms with Crippen LogP contribution in [-0.2, 0) is 9.53 Å². The molecule has 0 aliphatic rings. The molecule has 4 nitrogen and oxygen atoms in total. The Labute approximate surface area is 105 Å². The van der Waals surface area contributed by atoms with Gasteiger partial charge >= 0.3 is 5.97 Å². The van der Waals surface area contributed by atoms with Crippen molar-refractivity contribution in [2.75, 3.05) is 6.61 Å². The predicted molar refractivity (Wildman–Crippen MR) is 63.1 cm³/mol. The van der Waals surface area contributed by atoms with E-state index in [1.165, 1.54) is 12.1 Å². The summed E-state index contributed by atoms with van der Waals surface area (Å²) in [6.07, 6.45) is -0.175. The Morgan fingerprint density at radius 2 is 2.00 bits per heavy atom. The zero-order valence-corrected chi connectivity index (χ0v) is 10.5. The van der Waals surface area contributed by atoms with Crippen LogP contribution in [0, 0.1) is 5.82 Å². The van der Waals surface area contributed by atoms with Gasteiger partial charge in [0.05, 0.1) is 12.7 Å². The van der Waals surface area contributed by atoms with Crippen molar-refractivity contribution in [2.24, 2.45) is 0 Å². The number of hydrogen-bond acceptors (Lipinski definition) is 4. The van der Waals surface area contributed by atoms with Crippen molar-refractivity contribution in [1.29, 1.82) is 0 Å². The van der Waals surface area contributed by atoms with Gasteiger partial charge in [-0.2, -0.15) is 0 Å². The third-order valence-electron chi connectivity index (χ3n) is 2.02. The molecule has 0 N–H and O–H groups in total. The lowest BCUT2D eigenvalue weighted by molar-refractivity contribution is -0.137. The molecule has 98 valence electrons. The van der Waals surface area contributed by atoms with E-state index >= 15 is 0 Å². The fourth-order valence-corrected chi connectivity index (χ4v) is 1.31. The first-order valence-corrected chi connectivity index (χ1v) is 5.63. The topological polar surface area (TPSA) is 52.6 Å². The SMILES string of the molecule is CCOC(=O)C(=O)c1ccc(OC(C)C)c(F)c1. The number of ether oxygens (including phenoxy) is 2. The first-order chi connectivity index (χ1) is 8.45. The molecule has 0 aliphatic carbocycles. The Hall–Kier alpha value is -1.91. The Morgan fingerprint density at radius 1 is 1.33 bits per heavy atom. The first-order valence-electron chi connectivity index (χ1n) is 5.63. The van der Waals surface area contributed by atoms with Crippen LogP contribution in [-0.4, -0.2) is 24.5 Å². The summed E-state index contributed by atoms with van der Waals surface area (Å²) in [7, 11) is 0. The molecular weight excluding hydrogens is 239 g/mol. The van der Waals surface area contributed by atoms with Crippen molar-refractivity contribution in [2.45, 2.75) is 26.9 Å². The lowest BCUT2D eigenvalue weighted by Crippen LogP contribution is -2.17. The number of benzene rings is 1. The molecule has 0 atom stereocenters. The molecule has 1 aromatic rings. The maximum absolute atomic E-state index is 13.6. The number of Topliss-reactive ketones (excluding diaryl/α,β-unsaturated/α-hetero) is 1. The zero-order chi connectivity index (χ0) is 13.7. The number of rotatable bonds is 5. The maximum Gasteiger partial charge on any atom is 0.379 e. The van der Waals surface area contributed by atoms with Crippen LogP contribution in [0.5, 0.6) is 5.75 Å². The number of carbonyl (C=O) groups excluding carboxylic acids is 2. The van der Waals surface area contributed by atoms with Crippen LogP contribution in [0.25, 0.3) is 0 Å². The van der Waals surface area contributed by atoms with Gasteiger partial charge in [0.15, 0.2) is 11.6 Å². The Balaban J connectivity index is 2.90. The number of halogens is 1. The van der Waals surface area contributed by atoms with Gasteiger partial charge in [0, 0.05) is 5.56 Å². The van der Waals surface area contributed by atoms with Gasteiger partial charge in [-0.1, -0.05) is 0 Å². The minimum absolute atomic E-state index is 0.0467. The van der Waals surface area contributed by atoms with Gasteiger partial charge < -0.3 is 9.47 Å². The number of ketones is 1. The molecule has 18 heavy (non-hydrogen) atoms. The van der Waals surface area contributed by atoms with Gasteiger partial charge in [-0.3, -0.25) is 4.79 Å². The lowest BCUT2D eigenvalue weighted by Gasteiger charge is -2.10. The third-order valence-corrected chi connectivity index (χ3v) is 2.02. The fraction of sp³-hybridized carbons (Fsp3) is 0.385. The zero-order valence-electron chi connectivity index (χ0n) is 10.5. The van der Waals surface area contributed by atoms with Crippen LogP contribution in [0.4, 0.5) is 4.39 Å². The molecule has 0 saturated carbocycles. The van der Waals surface area contributed by atoms with E-state index < -0.39 is 17.6 Å². The number of hydrogen-bond donors (Lipinski definition) is 0.